The Balaban J connectivity index is 2.40. The van der Waals surface area contributed by atoms with Crippen molar-refractivity contribution in [2.45, 2.75) is 45.6 Å². The molecule has 0 aliphatic heterocycles. The van der Waals surface area contributed by atoms with Gasteiger partial charge in [0.25, 0.3) is 0 Å². The van der Waals surface area contributed by atoms with Crippen LogP contribution in [0.2, 0.25) is 0 Å². The predicted octanol–water partition coefficient (Wildman–Crippen LogP) is 3.45. The third-order valence-electron chi connectivity index (χ3n) is 2.95. The molecule has 0 amide bonds. The molecule has 0 aliphatic carbocycles. The fraction of sp³-hybridized carbons (Fsp3) is 0.562. The molecule has 0 radical (unpaired) electrons. The number of ether oxygens (including phenoxy) is 2. The van der Waals surface area contributed by atoms with Crippen LogP contribution in [0.5, 0.6) is 0 Å². The van der Waals surface area contributed by atoms with Crippen molar-refractivity contribution < 1.29 is 14.3 Å². The zero-order chi connectivity index (χ0) is 14.3. The summed E-state index contributed by atoms with van der Waals surface area (Å²) in [6, 6.07) is 8.22. The van der Waals surface area contributed by atoms with Crippen molar-refractivity contribution >= 4 is 5.97 Å². The van der Waals surface area contributed by atoms with E-state index in [4.69, 9.17) is 9.47 Å². The van der Waals surface area contributed by atoms with Crippen molar-refractivity contribution in [3.8, 4) is 0 Å². The Morgan fingerprint density at radius 2 is 1.79 bits per heavy atom. The summed E-state index contributed by atoms with van der Waals surface area (Å²) in [4.78, 5) is 11.4. The third kappa shape index (κ3) is 5.88. The van der Waals surface area contributed by atoms with Crippen LogP contribution in [-0.2, 0) is 26.3 Å². The van der Waals surface area contributed by atoms with Crippen LogP contribution in [0.4, 0.5) is 0 Å². The van der Waals surface area contributed by atoms with Gasteiger partial charge >= 0.3 is 5.97 Å². The van der Waals surface area contributed by atoms with Gasteiger partial charge in [0.1, 0.15) is 6.61 Å². The van der Waals surface area contributed by atoms with E-state index in [2.05, 4.69) is 32.9 Å². The topological polar surface area (TPSA) is 35.5 Å². The van der Waals surface area contributed by atoms with Crippen molar-refractivity contribution in [1.82, 2.24) is 0 Å². The molecule has 0 bridgehead atoms. The van der Waals surface area contributed by atoms with Crippen molar-refractivity contribution in [3.63, 3.8) is 0 Å². The van der Waals surface area contributed by atoms with Gasteiger partial charge in [0.2, 0.25) is 0 Å². The molecule has 0 atom stereocenters. The highest BCUT2D eigenvalue weighted by Crippen LogP contribution is 2.22. The number of hydrogen-bond donors (Lipinski definition) is 0. The van der Waals surface area contributed by atoms with Crippen LogP contribution in [0.3, 0.4) is 0 Å². The molecular weight excluding hydrogens is 240 g/mol. The van der Waals surface area contributed by atoms with Crippen LogP contribution in [0, 0.1) is 0 Å². The van der Waals surface area contributed by atoms with Crippen LogP contribution >= 0.6 is 0 Å². The Bertz CT molecular complexity index is 387. The quantitative estimate of drug-likeness (QED) is 0.583. The molecule has 0 saturated heterocycles. The molecule has 1 aromatic rings. The van der Waals surface area contributed by atoms with E-state index in [1.165, 1.54) is 5.56 Å². The molecule has 0 N–H and O–H groups in total. The molecular formula is C16H24O3. The second kappa shape index (κ2) is 7.29. The molecule has 0 saturated carbocycles. The van der Waals surface area contributed by atoms with Crippen LogP contribution < -0.4 is 0 Å². The van der Waals surface area contributed by atoms with E-state index in [0.29, 0.717) is 26.1 Å². The number of hydrogen-bond acceptors (Lipinski definition) is 3. The van der Waals surface area contributed by atoms with Gasteiger partial charge in [-0.05, 0) is 23.0 Å². The van der Waals surface area contributed by atoms with E-state index < -0.39 is 0 Å². The third-order valence-corrected chi connectivity index (χ3v) is 2.95. The number of methoxy groups -OCH3 is 1. The van der Waals surface area contributed by atoms with Gasteiger partial charge in [-0.1, -0.05) is 45.0 Å². The maximum Gasteiger partial charge on any atom is 0.306 e. The number of carbonyl (C=O) groups is 1. The van der Waals surface area contributed by atoms with Gasteiger partial charge in [0.15, 0.2) is 0 Å². The average Bonchev–Trinajstić information content (AvgIpc) is 2.36. The molecule has 1 rings (SSSR count). The number of esters is 1. The highest BCUT2D eigenvalue weighted by molar-refractivity contribution is 5.69. The fourth-order valence-electron chi connectivity index (χ4n) is 1.70. The van der Waals surface area contributed by atoms with Crippen LogP contribution in [-0.4, -0.2) is 19.7 Å². The molecule has 0 heterocycles. The summed E-state index contributed by atoms with van der Waals surface area (Å²) >= 11 is 0. The van der Waals surface area contributed by atoms with Crippen molar-refractivity contribution in [3.05, 3.63) is 35.4 Å². The first-order valence-electron chi connectivity index (χ1n) is 6.67. The first-order valence-corrected chi connectivity index (χ1v) is 6.67. The Hall–Kier alpha value is -1.35. The van der Waals surface area contributed by atoms with Crippen LogP contribution in [0.1, 0.15) is 44.7 Å². The lowest BCUT2D eigenvalue weighted by molar-refractivity contribution is -0.145. The Morgan fingerprint density at radius 1 is 1.16 bits per heavy atom. The van der Waals surface area contributed by atoms with Gasteiger partial charge in [0.05, 0.1) is 0 Å². The van der Waals surface area contributed by atoms with Gasteiger partial charge < -0.3 is 9.47 Å². The minimum absolute atomic E-state index is 0.148. The smallest absolute Gasteiger partial charge is 0.306 e. The van der Waals surface area contributed by atoms with Crippen molar-refractivity contribution in [2.75, 3.05) is 13.7 Å². The van der Waals surface area contributed by atoms with E-state index in [1.54, 1.807) is 7.11 Å². The summed E-state index contributed by atoms with van der Waals surface area (Å²) in [6.45, 7) is 7.47. The molecule has 0 aromatic heterocycles. The molecule has 19 heavy (non-hydrogen) atoms. The Morgan fingerprint density at radius 3 is 2.32 bits per heavy atom. The van der Waals surface area contributed by atoms with E-state index in [1.807, 2.05) is 12.1 Å². The standard InChI is InChI=1S/C16H24O3/c1-16(2,3)14-9-7-13(8-10-14)12-19-15(17)6-5-11-18-4/h7-10H,5-6,11-12H2,1-4H3. The van der Waals surface area contributed by atoms with Crippen LogP contribution in [0.15, 0.2) is 24.3 Å². The van der Waals surface area contributed by atoms with Gasteiger partial charge in [-0.2, -0.15) is 0 Å². The van der Waals surface area contributed by atoms with Crippen molar-refractivity contribution in [1.29, 1.82) is 0 Å². The zero-order valence-electron chi connectivity index (χ0n) is 12.4. The minimum atomic E-state index is -0.169. The minimum Gasteiger partial charge on any atom is -0.461 e. The van der Waals surface area contributed by atoms with E-state index >= 15 is 0 Å². The molecule has 1 aromatic carbocycles. The molecule has 106 valence electrons. The lowest BCUT2D eigenvalue weighted by Crippen LogP contribution is -2.11. The largest absolute Gasteiger partial charge is 0.461 e. The predicted molar refractivity (Wildman–Crippen MR) is 76.0 cm³/mol. The normalized spacial score (nSPS) is 11.4. The lowest BCUT2D eigenvalue weighted by Gasteiger charge is -2.19. The van der Waals surface area contributed by atoms with Gasteiger partial charge in [0, 0.05) is 20.1 Å². The monoisotopic (exact) mass is 264 g/mol. The van der Waals surface area contributed by atoms with Gasteiger partial charge in [-0.3, -0.25) is 4.79 Å². The molecule has 0 spiro atoms. The summed E-state index contributed by atoms with van der Waals surface area (Å²) in [5, 5.41) is 0. The summed E-state index contributed by atoms with van der Waals surface area (Å²) in [5.74, 6) is -0.169. The van der Waals surface area contributed by atoms with Gasteiger partial charge in [-0.15, -0.1) is 0 Å². The highest BCUT2D eigenvalue weighted by Gasteiger charge is 2.13. The van der Waals surface area contributed by atoms with Gasteiger partial charge in [-0.25, -0.2) is 0 Å². The molecule has 3 heteroatoms. The summed E-state index contributed by atoms with van der Waals surface area (Å²) < 4.78 is 10.1. The average molecular weight is 264 g/mol. The molecule has 0 unspecified atom stereocenters. The number of benzene rings is 1. The number of rotatable bonds is 6. The molecule has 3 nitrogen and oxygen atoms in total. The second-order valence-corrected chi connectivity index (χ2v) is 5.70. The number of carbonyl (C=O) groups excluding carboxylic acids is 1. The van der Waals surface area contributed by atoms with E-state index in [0.717, 1.165) is 5.56 Å². The van der Waals surface area contributed by atoms with E-state index in [-0.39, 0.29) is 11.4 Å². The maximum absolute atomic E-state index is 11.4. The summed E-state index contributed by atoms with van der Waals surface area (Å²) in [7, 11) is 1.63. The Labute approximate surface area is 115 Å². The summed E-state index contributed by atoms with van der Waals surface area (Å²) in [5.41, 5.74) is 2.45. The van der Waals surface area contributed by atoms with Crippen molar-refractivity contribution in [2.24, 2.45) is 0 Å². The highest BCUT2D eigenvalue weighted by atomic mass is 16.5. The fourth-order valence-corrected chi connectivity index (χ4v) is 1.70. The molecule has 0 aliphatic rings. The summed E-state index contributed by atoms with van der Waals surface area (Å²) in [6.07, 6.45) is 1.12. The zero-order valence-corrected chi connectivity index (χ0v) is 12.4. The lowest BCUT2D eigenvalue weighted by atomic mass is 9.87. The second-order valence-electron chi connectivity index (χ2n) is 5.70. The molecule has 0 fully saturated rings. The Kier molecular flexibility index (Phi) is 6.03. The first kappa shape index (κ1) is 15.7. The SMILES string of the molecule is COCCCC(=O)OCc1ccc(C(C)(C)C)cc1. The first-order chi connectivity index (χ1) is 8.93. The van der Waals surface area contributed by atoms with Crippen LogP contribution in [0.25, 0.3) is 0 Å². The maximum atomic E-state index is 11.4. The van der Waals surface area contributed by atoms with E-state index in [9.17, 15) is 4.79 Å².